The third-order valence-electron chi connectivity index (χ3n) is 6.69. The Hall–Kier alpha value is -3.71. The number of aromatic nitrogens is 6. The van der Waals surface area contributed by atoms with E-state index in [1.54, 1.807) is 12.4 Å². The van der Waals surface area contributed by atoms with E-state index in [4.69, 9.17) is 15.0 Å². The Morgan fingerprint density at radius 2 is 2.00 bits per heavy atom. The summed E-state index contributed by atoms with van der Waals surface area (Å²) in [5.74, 6) is 0.474. The Morgan fingerprint density at radius 3 is 2.78 bits per heavy atom. The van der Waals surface area contributed by atoms with Crippen LogP contribution in [0.4, 0.5) is 11.8 Å². The van der Waals surface area contributed by atoms with Crippen LogP contribution in [0.5, 0.6) is 0 Å². The minimum Gasteiger partial charge on any atom is -0.396 e. The first-order chi connectivity index (χ1) is 18.0. The van der Waals surface area contributed by atoms with E-state index >= 15 is 0 Å². The lowest BCUT2D eigenvalue weighted by atomic mass is 10.1. The molecule has 0 saturated heterocycles. The fraction of sp³-hybridized carbons (Fsp3) is 0.320. The van der Waals surface area contributed by atoms with E-state index in [-0.39, 0.29) is 6.61 Å². The van der Waals surface area contributed by atoms with Gasteiger partial charge in [0.1, 0.15) is 28.1 Å². The second-order valence-corrected chi connectivity index (χ2v) is 10.2. The van der Waals surface area contributed by atoms with Gasteiger partial charge in [0.2, 0.25) is 5.95 Å². The van der Waals surface area contributed by atoms with Crippen LogP contribution in [0.15, 0.2) is 49.1 Å². The van der Waals surface area contributed by atoms with Gasteiger partial charge in [0.05, 0.1) is 46.5 Å². The molecule has 4 atom stereocenters. The highest BCUT2D eigenvalue weighted by atomic mass is 32.1. The molecule has 5 heterocycles. The predicted octanol–water partition coefficient (Wildman–Crippen LogP) is 2.23. The number of aliphatic hydroxyl groups is 3. The van der Waals surface area contributed by atoms with Crippen LogP contribution >= 0.6 is 11.3 Å². The summed E-state index contributed by atoms with van der Waals surface area (Å²) in [6.45, 7) is 2.10. The minimum atomic E-state index is -1.05. The van der Waals surface area contributed by atoms with E-state index in [2.05, 4.69) is 20.6 Å². The summed E-state index contributed by atoms with van der Waals surface area (Å²) in [5, 5.41) is 37.9. The van der Waals surface area contributed by atoms with Gasteiger partial charge in [0, 0.05) is 31.1 Å². The van der Waals surface area contributed by atoms with Crippen molar-refractivity contribution in [1.29, 1.82) is 0 Å². The zero-order chi connectivity index (χ0) is 25.5. The molecule has 0 aliphatic heterocycles. The molecule has 190 valence electrons. The van der Waals surface area contributed by atoms with Gasteiger partial charge in [0.25, 0.3) is 0 Å². The fourth-order valence-corrected chi connectivity index (χ4v) is 5.80. The maximum Gasteiger partial charge on any atom is 0.225 e. The lowest BCUT2D eigenvalue weighted by Gasteiger charge is -2.21. The number of nitrogens with one attached hydrogen (secondary N) is 2. The van der Waals surface area contributed by atoms with Gasteiger partial charge < -0.3 is 30.4 Å². The van der Waals surface area contributed by atoms with Gasteiger partial charge in [0.15, 0.2) is 0 Å². The average Bonchev–Trinajstić information content (AvgIpc) is 3.58. The molecule has 11 nitrogen and oxygen atoms in total. The molecule has 1 aliphatic rings. The molecule has 5 aromatic heterocycles. The van der Waals surface area contributed by atoms with Crippen molar-refractivity contribution >= 4 is 39.0 Å². The van der Waals surface area contributed by atoms with E-state index in [0.29, 0.717) is 36.0 Å². The SMILES string of the molecule is Cc1nc(NCc2cn3ccccc3n2)nc(N[C@@H]2C[C@H](CO)[C@@H](O)[C@H]2O)c1-c1nc2cnccc2s1. The Balaban J connectivity index is 1.35. The lowest BCUT2D eigenvalue weighted by molar-refractivity contribution is 0.00446. The molecule has 1 fully saturated rings. The first-order valence-corrected chi connectivity index (χ1v) is 12.8. The van der Waals surface area contributed by atoms with E-state index in [1.807, 2.05) is 48.0 Å². The van der Waals surface area contributed by atoms with Crippen molar-refractivity contribution in [2.45, 2.75) is 38.1 Å². The molecular formula is C25H26N8O3S. The maximum absolute atomic E-state index is 10.6. The van der Waals surface area contributed by atoms with Crippen molar-refractivity contribution in [3.05, 3.63) is 60.4 Å². The van der Waals surface area contributed by atoms with Crippen molar-refractivity contribution in [3.8, 4) is 10.6 Å². The standard InChI is InChI=1S/C25H26N8O3S/c1-13-20(24-31-17-10-26-6-5-18(17)37-24)23(30-16-8-14(12-34)21(35)22(16)36)32-25(28-13)27-9-15-11-33-7-3-2-4-19(33)29-15/h2-7,10-11,14,16,21-22,34-36H,8-9,12H2,1H3,(H2,27,28,30,32)/t14-,16-,21-,22+/m1/s1. The van der Waals surface area contributed by atoms with Crippen molar-refractivity contribution in [2.75, 3.05) is 17.2 Å². The highest BCUT2D eigenvalue weighted by molar-refractivity contribution is 7.21. The molecule has 37 heavy (non-hydrogen) atoms. The van der Waals surface area contributed by atoms with Crippen molar-refractivity contribution < 1.29 is 15.3 Å². The minimum absolute atomic E-state index is 0.206. The molecule has 0 radical (unpaired) electrons. The number of aryl methyl sites for hydroxylation is 1. The molecular weight excluding hydrogens is 492 g/mol. The third-order valence-corrected chi connectivity index (χ3v) is 7.75. The van der Waals surface area contributed by atoms with Gasteiger partial charge in [-0.1, -0.05) is 6.07 Å². The van der Waals surface area contributed by atoms with Crippen LogP contribution in [0.2, 0.25) is 0 Å². The molecule has 1 saturated carbocycles. The molecule has 0 bridgehead atoms. The van der Waals surface area contributed by atoms with E-state index in [1.165, 1.54) is 11.3 Å². The quantitative estimate of drug-likeness (QED) is 0.217. The number of rotatable bonds is 7. The number of fused-ring (bicyclic) bond motifs is 2. The molecule has 5 aromatic rings. The summed E-state index contributed by atoms with van der Waals surface area (Å²) >= 11 is 1.51. The van der Waals surface area contributed by atoms with Gasteiger partial charge in [-0.2, -0.15) is 4.98 Å². The Labute approximate surface area is 215 Å². The third kappa shape index (κ3) is 4.48. The maximum atomic E-state index is 10.6. The lowest BCUT2D eigenvalue weighted by Crippen LogP contribution is -2.35. The van der Waals surface area contributed by atoms with Crippen LogP contribution < -0.4 is 10.6 Å². The normalized spacial score (nSPS) is 21.6. The highest BCUT2D eigenvalue weighted by Gasteiger charge is 2.41. The second kappa shape index (κ2) is 9.63. The monoisotopic (exact) mass is 518 g/mol. The van der Waals surface area contributed by atoms with Crippen molar-refractivity contribution in [2.24, 2.45) is 5.92 Å². The summed E-state index contributed by atoms with van der Waals surface area (Å²) in [6, 6.07) is 7.24. The Kier molecular flexibility index (Phi) is 6.16. The molecule has 5 N–H and O–H groups in total. The number of thiazole rings is 1. The molecule has 0 unspecified atom stereocenters. The van der Waals surface area contributed by atoms with Crippen LogP contribution in [-0.4, -0.2) is 69.5 Å². The first kappa shape index (κ1) is 23.7. The van der Waals surface area contributed by atoms with Crippen molar-refractivity contribution in [1.82, 2.24) is 29.3 Å². The molecule has 0 spiro atoms. The topological polar surface area (TPSA) is 154 Å². The predicted molar refractivity (Wildman–Crippen MR) is 140 cm³/mol. The van der Waals surface area contributed by atoms with Gasteiger partial charge in [-0.3, -0.25) is 4.98 Å². The van der Waals surface area contributed by atoms with Gasteiger partial charge in [-0.25, -0.2) is 15.0 Å². The van der Waals surface area contributed by atoms with Gasteiger partial charge in [-0.15, -0.1) is 11.3 Å². The van der Waals surface area contributed by atoms with Crippen LogP contribution in [0.1, 0.15) is 17.8 Å². The summed E-state index contributed by atoms with van der Waals surface area (Å²) in [7, 11) is 0. The number of hydrogen-bond donors (Lipinski definition) is 5. The second-order valence-electron chi connectivity index (χ2n) is 9.18. The molecule has 0 amide bonds. The highest BCUT2D eigenvalue weighted by Crippen LogP contribution is 2.38. The number of aliphatic hydroxyl groups excluding tert-OH is 3. The number of pyridine rings is 2. The molecule has 1 aliphatic carbocycles. The first-order valence-electron chi connectivity index (χ1n) is 12.0. The Morgan fingerprint density at radius 1 is 1.11 bits per heavy atom. The van der Waals surface area contributed by atoms with E-state index < -0.39 is 24.2 Å². The van der Waals surface area contributed by atoms with Crippen LogP contribution in [0.3, 0.4) is 0 Å². The number of hydrogen-bond acceptors (Lipinski definition) is 11. The van der Waals surface area contributed by atoms with Crippen LogP contribution in [0.25, 0.3) is 26.4 Å². The van der Waals surface area contributed by atoms with Crippen molar-refractivity contribution in [3.63, 3.8) is 0 Å². The largest absolute Gasteiger partial charge is 0.396 e. The molecule has 6 rings (SSSR count). The summed E-state index contributed by atoms with van der Waals surface area (Å²) < 4.78 is 2.94. The number of nitrogens with zero attached hydrogens (tertiary/aromatic N) is 6. The summed E-state index contributed by atoms with van der Waals surface area (Å²) in [4.78, 5) is 23.0. The smallest absolute Gasteiger partial charge is 0.225 e. The Bertz CT molecular complexity index is 1500. The number of imidazole rings is 1. The van der Waals surface area contributed by atoms with Gasteiger partial charge in [-0.05, 0) is 31.5 Å². The van der Waals surface area contributed by atoms with E-state index in [9.17, 15) is 15.3 Å². The average molecular weight is 519 g/mol. The van der Waals surface area contributed by atoms with Gasteiger partial charge >= 0.3 is 0 Å². The molecule has 0 aromatic carbocycles. The van der Waals surface area contributed by atoms with Crippen LogP contribution in [-0.2, 0) is 6.54 Å². The molecule has 12 heteroatoms. The zero-order valence-electron chi connectivity index (χ0n) is 20.0. The summed E-state index contributed by atoms with van der Waals surface area (Å²) in [6.07, 6.45) is 5.66. The van der Waals surface area contributed by atoms with Crippen LogP contribution in [0, 0.1) is 12.8 Å². The fourth-order valence-electron chi connectivity index (χ4n) is 4.77. The zero-order valence-corrected chi connectivity index (χ0v) is 20.8. The summed E-state index contributed by atoms with van der Waals surface area (Å²) in [5.41, 5.74) is 3.89. The van der Waals surface area contributed by atoms with E-state index in [0.717, 1.165) is 26.6 Å². The number of anilines is 2.